The van der Waals surface area contributed by atoms with Gasteiger partial charge in [-0.15, -0.1) is 0 Å². The van der Waals surface area contributed by atoms with E-state index in [9.17, 15) is 0 Å². The zero-order valence-corrected chi connectivity index (χ0v) is 9.72. The van der Waals surface area contributed by atoms with Gasteiger partial charge in [0.05, 0.1) is 0 Å². The molecule has 1 rings (SSSR count). The molecule has 0 spiro atoms. The monoisotopic (exact) mass is 357 g/mol. The van der Waals surface area contributed by atoms with E-state index in [0.29, 0.717) is 0 Å². The van der Waals surface area contributed by atoms with Crippen LogP contribution in [-0.4, -0.2) is 0 Å². The summed E-state index contributed by atoms with van der Waals surface area (Å²) in [5, 5.41) is 0. The summed E-state index contributed by atoms with van der Waals surface area (Å²) in [7, 11) is 0. The molecule has 1 aromatic rings. The van der Waals surface area contributed by atoms with Gasteiger partial charge in [-0.3, -0.25) is 0 Å². The molecule has 0 heterocycles. The van der Waals surface area contributed by atoms with Crippen LogP contribution in [0.1, 0.15) is 5.56 Å². The van der Waals surface area contributed by atoms with Crippen molar-refractivity contribution in [3.8, 4) is 0 Å². The molecule has 10 heavy (non-hydrogen) atoms. The lowest BCUT2D eigenvalue weighted by Crippen LogP contribution is -1.87. The highest BCUT2D eigenvalue weighted by Crippen LogP contribution is 2.18. The molecular formula is C8H7I2. The van der Waals surface area contributed by atoms with Gasteiger partial charge in [0.25, 0.3) is 0 Å². The Kier molecular flexibility index (Phi) is 3.42. The quantitative estimate of drug-likeness (QED) is 0.677. The third-order valence-corrected chi connectivity index (χ3v) is 4.51. The number of hydrogen-bond donors (Lipinski definition) is 0. The summed E-state index contributed by atoms with van der Waals surface area (Å²) in [5.41, 5.74) is 1.34. The molecule has 0 aromatic heterocycles. The van der Waals surface area contributed by atoms with Crippen LogP contribution in [0.5, 0.6) is 0 Å². The Labute approximate surface area is 88.7 Å². The molecule has 0 bridgehead atoms. The molecule has 0 aliphatic heterocycles. The van der Waals surface area contributed by atoms with Gasteiger partial charge in [-0.1, -0.05) is 12.1 Å². The molecule has 0 saturated heterocycles. The summed E-state index contributed by atoms with van der Waals surface area (Å²) in [5.74, 6) is 0. The number of benzene rings is 1. The normalized spacial score (nSPS) is 9.90. The van der Waals surface area contributed by atoms with E-state index in [1.54, 1.807) is 0 Å². The minimum absolute atomic E-state index is 0.884. The molecule has 1 radical (unpaired) electrons. The number of halogens is 2. The molecule has 0 aliphatic rings. The van der Waals surface area contributed by atoms with E-state index in [0.717, 1.165) is 6.42 Å². The maximum atomic E-state index is 3.85. The fourth-order valence-corrected chi connectivity index (χ4v) is 1.92. The maximum absolute atomic E-state index is 3.85. The first kappa shape index (κ1) is 8.77. The molecule has 0 unspecified atom stereocenters. The molecule has 0 atom stereocenters. The molecular weight excluding hydrogens is 350 g/mol. The van der Waals surface area contributed by atoms with Crippen molar-refractivity contribution >= 4 is 45.2 Å². The Morgan fingerprint density at radius 3 is 2.50 bits per heavy atom. The Morgan fingerprint density at radius 2 is 2.00 bits per heavy atom. The van der Waals surface area contributed by atoms with Crippen molar-refractivity contribution in [3.05, 3.63) is 37.8 Å². The SMILES string of the molecule is [CH2]Cc1cccc(I)c1I. The Hall–Kier alpha value is 0.680. The van der Waals surface area contributed by atoms with Gasteiger partial charge in [-0.2, -0.15) is 0 Å². The molecule has 0 saturated carbocycles. The van der Waals surface area contributed by atoms with Crippen LogP contribution >= 0.6 is 45.2 Å². The standard InChI is InChI=1S/C8H7I2/c1-2-6-4-3-5-7(9)8(6)10/h3-5H,1-2H2. The van der Waals surface area contributed by atoms with Crippen LogP contribution in [0.2, 0.25) is 0 Å². The number of hydrogen-bond acceptors (Lipinski definition) is 0. The van der Waals surface area contributed by atoms with E-state index < -0.39 is 0 Å². The van der Waals surface area contributed by atoms with Crippen LogP contribution in [0.15, 0.2) is 18.2 Å². The Bertz CT molecular complexity index is 231. The second kappa shape index (κ2) is 3.90. The van der Waals surface area contributed by atoms with Crippen molar-refractivity contribution < 1.29 is 0 Å². The van der Waals surface area contributed by atoms with Crippen LogP contribution in [0.25, 0.3) is 0 Å². The predicted molar refractivity (Wildman–Crippen MR) is 60.9 cm³/mol. The molecule has 0 fully saturated rings. The van der Waals surface area contributed by atoms with Gasteiger partial charge < -0.3 is 0 Å². The van der Waals surface area contributed by atoms with Crippen LogP contribution in [-0.2, 0) is 6.42 Å². The lowest BCUT2D eigenvalue weighted by molar-refractivity contribution is 1.24. The van der Waals surface area contributed by atoms with Gasteiger partial charge >= 0.3 is 0 Å². The largest absolute Gasteiger partial charge is 0.0609 e. The summed E-state index contributed by atoms with van der Waals surface area (Å²) in [6, 6.07) is 6.31. The molecule has 0 N–H and O–H groups in total. The van der Waals surface area contributed by atoms with Crippen LogP contribution in [0.4, 0.5) is 0 Å². The Morgan fingerprint density at radius 1 is 1.30 bits per heavy atom. The molecule has 0 nitrogen and oxygen atoms in total. The fourth-order valence-electron chi connectivity index (χ4n) is 0.742. The predicted octanol–water partition coefficient (Wildman–Crippen LogP) is 3.27. The average molecular weight is 357 g/mol. The van der Waals surface area contributed by atoms with Gasteiger partial charge in [0.15, 0.2) is 0 Å². The van der Waals surface area contributed by atoms with Gasteiger partial charge in [-0.05, 0) is 70.2 Å². The van der Waals surface area contributed by atoms with Crippen molar-refractivity contribution in [2.24, 2.45) is 0 Å². The zero-order valence-electron chi connectivity index (χ0n) is 5.40. The smallest absolute Gasteiger partial charge is 0.0295 e. The van der Waals surface area contributed by atoms with Gasteiger partial charge in [0.2, 0.25) is 0 Å². The van der Waals surface area contributed by atoms with E-state index >= 15 is 0 Å². The highest BCUT2D eigenvalue weighted by Gasteiger charge is 1.98. The minimum Gasteiger partial charge on any atom is -0.0609 e. The topological polar surface area (TPSA) is 0 Å². The Balaban J connectivity index is 3.14. The highest BCUT2D eigenvalue weighted by molar-refractivity contribution is 14.1. The van der Waals surface area contributed by atoms with Gasteiger partial charge in [0.1, 0.15) is 0 Å². The zero-order chi connectivity index (χ0) is 7.56. The third-order valence-electron chi connectivity index (χ3n) is 1.30. The van der Waals surface area contributed by atoms with Crippen molar-refractivity contribution in [1.82, 2.24) is 0 Å². The van der Waals surface area contributed by atoms with Crippen molar-refractivity contribution in [3.63, 3.8) is 0 Å². The van der Waals surface area contributed by atoms with Gasteiger partial charge in [0, 0.05) is 7.14 Å². The first-order valence-electron chi connectivity index (χ1n) is 2.98. The molecule has 0 amide bonds. The second-order valence-corrected chi connectivity index (χ2v) is 4.20. The second-order valence-electron chi connectivity index (χ2n) is 1.96. The fraction of sp³-hybridized carbons (Fsp3) is 0.125. The molecule has 0 aliphatic carbocycles. The lowest BCUT2D eigenvalue weighted by atomic mass is 10.2. The van der Waals surface area contributed by atoms with Crippen molar-refractivity contribution in [2.45, 2.75) is 6.42 Å². The van der Waals surface area contributed by atoms with Crippen molar-refractivity contribution in [2.75, 3.05) is 0 Å². The van der Waals surface area contributed by atoms with Crippen LogP contribution in [0, 0.1) is 14.1 Å². The minimum atomic E-state index is 0.884. The molecule has 2 heteroatoms. The third kappa shape index (κ3) is 1.84. The number of rotatable bonds is 1. The summed E-state index contributed by atoms with van der Waals surface area (Å²) >= 11 is 4.70. The highest BCUT2D eigenvalue weighted by atomic mass is 127. The van der Waals surface area contributed by atoms with E-state index in [4.69, 9.17) is 0 Å². The molecule has 53 valence electrons. The first-order chi connectivity index (χ1) is 4.75. The van der Waals surface area contributed by atoms with Crippen LogP contribution in [0.3, 0.4) is 0 Å². The molecule has 1 aromatic carbocycles. The van der Waals surface area contributed by atoms with Crippen LogP contribution < -0.4 is 0 Å². The first-order valence-corrected chi connectivity index (χ1v) is 5.13. The maximum Gasteiger partial charge on any atom is 0.0295 e. The summed E-state index contributed by atoms with van der Waals surface area (Å²) in [6.07, 6.45) is 0.884. The van der Waals surface area contributed by atoms with E-state index in [2.05, 4.69) is 70.3 Å². The summed E-state index contributed by atoms with van der Waals surface area (Å²) in [6.45, 7) is 3.85. The van der Waals surface area contributed by atoms with E-state index in [-0.39, 0.29) is 0 Å². The average Bonchev–Trinajstić information content (AvgIpc) is 1.95. The van der Waals surface area contributed by atoms with Crippen molar-refractivity contribution in [1.29, 1.82) is 0 Å². The van der Waals surface area contributed by atoms with E-state index in [1.165, 1.54) is 12.7 Å². The summed E-state index contributed by atoms with van der Waals surface area (Å²) in [4.78, 5) is 0. The summed E-state index contributed by atoms with van der Waals surface area (Å²) < 4.78 is 2.66. The van der Waals surface area contributed by atoms with E-state index in [1.807, 2.05) is 0 Å². The lowest BCUT2D eigenvalue weighted by Gasteiger charge is -2.01. The van der Waals surface area contributed by atoms with Gasteiger partial charge in [-0.25, -0.2) is 0 Å².